The molecule has 4 aromatic rings. The number of piperazine rings is 1. The second-order valence-corrected chi connectivity index (χ2v) is 12.8. The van der Waals surface area contributed by atoms with Crippen LogP contribution in [0.1, 0.15) is 16.7 Å². The number of amides is 4. The van der Waals surface area contributed by atoms with E-state index < -0.39 is 24.1 Å². The van der Waals surface area contributed by atoms with E-state index in [9.17, 15) is 18.8 Å². The van der Waals surface area contributed by atoms with Crippen LogP contribution in [-0.2, 0) is 29.1 Å². The largest absolute Gasteiger partial charge is 0.375 e. The van der Waals surface area contributed by atoms with Gasteiger partial charge in [-0.1, -0.05) is 70.8 Å². The van der Waals surface area contributed by atoms with Gasteiger partial charge in [-0.15, -0.1) is 6.42 Å². The number of rotatable bonds is 8. The molecule has 0 saturated carbocycles. The number of benzene rings is 3. The summed E-state index contributed by atoms with van der Waals surface area (Å²) in [6.45, 7) is 0.127. The molecule has 6 rings (SSSR count). The number of aromatic nitrogens is 1. The molecule has 1 aromatic heterocycles. The number of nitrogens with zero attached hydrogens (tertiary/aromatic N) is 5. The van der Waals surface area contributed by atoms with E-state index in [2.05, 4.69) is 16.2 Å². The Morgan fingerprint density at radius 1 is 1.13 bits per heavy atom. The molecule has 14 heteroatoms. The number of nitrogen functional groups attached to an aromatic ring is 1. The highest BCUT2D eigenvalue weighted by molar-refractivity contribution is 7.22. The van der Waals surface area contributed by atoms with Gasteiger partial charge in [-0.25, -0.2) is 19.2 Å². The van der Waals surface area contributed by atoms with Crippen molar-refractivity contribution in [3.8, 4) is 12.3 Å². The molecule has 10 nitrogen and oxygen atoms in total. The molecular weight excluding hydrogens is 652 g/mol. The lowest BCUT2D eigenvalue weighted by Crippen LogP contribution is -2.66. The molecule has 4 amide bonds. The lowest BCUT2D eigenvalue weighted by Gasteiger charge is -2.46. The van der Waals surface area contributed by atoms with E-state index in [0.717, 1.165) is 10.3 Å². The molecule has 2 saturated heterocycles. The minimum absolute atomic E-state index is 0.0989. The fourth-order valence-corrected chi connectivity index (χ4v) is 6.98. The third kappa shape index (κ3) is 6.32. The molecule has 2 fully saturated rings. The zero-order valence-electron chi connectivity index (χ0n) is 24.3. The van der Waals surface area contributed by atoms with Crippen LogP contribution in [0.3, 0.4) is 0 Å². The number of fused-ring (bicyclic) bond motifs is 2. The number of hydrazine groups is 1. The summed E-state index contributed by atoms with van der Waals surface area (Å²) in [5, 5.41) is 6.91. The van der Waals surface area contributed by atoms with Gasteiger partial charge in [0.25, 0.3) is 0 Å². The molecule has 0 unspecified atom stereocenters. The maximum absolute atomic E-state index is 14.1. The average Bonchev–Trinajstić information content (AvgIpc) is 3.58. The van der Waals surface area contributed by atoms with E-state index in [1.807, 2.05) is 18.2 Å². The van der Waals surface area contributed by atoms with Crippen molar-refractivity contribution in [1.29, 1.82) is 0 Å². The number of nitrogens with one attached hydrogen (secondary N) is 1. The topological polar surface area (TPSA) is 115 Å². The number of terminal acetylenes is 1. The predicted octanol–water partition coefficient (Wildman–Crippen LogP) is 4.51. The van der Waals surface area contributed by atoms with Crippen LogP contribution in [-0.4, -0.2) is 74.5 Å². The number of hydrogen-bond donors (Lipinski definition) is 2. The summed E-state index contributed by atoms with van der Waals surface area (Å²) in [6, 6.07) is 15.1. The van der Waals surface area contributed by atoms with Crippen molar-refractivity contribution in [2.24, 2.45) is 0 Å². The lowest BCUT2D eigenvalue weighted by atomic mass is 10.00. The van der Waals surface area contributed by atoms with E-state index in [1.165, 1.54) is 33.4 Å². The van der Waals surface area contributed by atoms with Crippen LogP contribution in [0.5, 0.6) is 0 Å². The van der Waals surface area contributed by atoms with Crippen molar-refractivity contribution < 1.29 is 18.8 Å². The number of carbonyl (C=O) groups excluding carboxylic acids is 3. The fourth-order valence-electron chi connectivity index (χ4n) is 5.87. The minimum atomic E-state index is -0.909. The standard InChI is InChI=1S/C32H28Cl2FN7O3S/c1-2-12-40(32(45)37-15-20-8-11-23(33)24(34)13-20)41-18-28(43)42-25(14-19-6-9-22(35)10-7-19)30(44)39(17-27(41)42)16-21-4-3-5-26-29(21)38-31(36)46-26/h1,3-11,13,25,27H,12,14-18H2,(H2,36,38)(H,37,45)/t25-,27+/m0/s1. The van der Waals surface area contributed by atoms with Gasteiger partial charge in [0.15, 0.2) is 5.13 Å². The van der Waals surface area contributed by atoms with Crippen molar-refractivity contribution in [2.45, 2.75) is 31.7 Å². The van der Waals surface area contributed by atoms with E-state index >= 15 is 0 Å². The second kappa shape index (κ2) is 13.1. The predicted molar refractivity (Wildman–Crippen MR) is 175 cm³/mol. The van der Waals surface area contributed by atoms with Crippen LogP contribution < -0.4 is 11.1 Å². The van der Waals surface area contributed by atoms with Crippen LogP contribution in [0.15, 0.2) is 60.7 Å². The van der Waals surface area contributed by atoms with Gasteiger partial charge in [0, 0.05) is 19.5 Å². The molecule has 2 aliphatic rings. The van der Waals surface area contributed by atoms with Crippen LogP contribution in [0.25, 0.3) is 10.2 Å². The maximum Gasteiger partial charge on any atom is 0.333 e. The van der Waals surface area contributed by atoms with Gasteiger partial charge in [-0.05, 0) is 47.0 Å². The highest BCUT2D eigenvalue weighted by Gasteiger charge is 2.52. The first kappa shape index (κ1) is 31.6. The minimum Gasteiger partial charge on any atom is -0.375 e. The third-order valence-corrected chi connectivity index (χ3v) is 9.59. The van der Waals surface area contributed by atoms with Gasteiger partial charge in [-0.2, -0.15) is 5.01 Å². The van der Waals surface area contributed by atoms with E-state index in [0.29, 0.717) is 31.8 Å². The third-order valence-electron chi connectivity index (χ3n) is 8.00. The SMILES string of the molecule is C#CCN(C(=O)NCc1ccc(Cl)c(Cl)c1)N1CC(=O)N2[C@@H](Cc3ccc(F)cc3)C(=O)N(Cc3cccc4sc(N)nc34)C[C@@H]21. The number of thiazole rings is 1. The molecule has 46 heavy (non-hydrogen) atoms. The summed E-state index contributed by atoms with van der Waals surface area (Å²) < 4.78 is 14.6. The highest BCUT2D eigenvalue weighted by atomic mass is 35.5. The Labute approximate surface area is 278 Å². The molecule has 0 aliphatic carbocycles. The molecule has 2 aliphatic heterocycles. The summed E-state index contributed by atoms with van der Waals surface area (Å²) in [7, 11) is 0. The zero-order chi connectivity index (χ0) is 32.5. The second-order valence-electron chi connectivity index (χ2n) is 10.9. The number of nitrogens with two attached hydrogens (primary N) is 1. The summed E-state index contributed by atoms with van der Waals surface area (Å²) in [6.07, 6.45) is 5.13. The number of hydrogen-bond acceptors (Lipinski definition) is 7. The first-order valence-electron chi connectivity index (χ1n) is 14.3. The summed E-state index contributed by atoms with van der Waals surface area (Å²) in [4.78, 5) is 49.0. The van der Waals surface area contributed by atoms with Gasteiger partial charge < -0.3 is 20.9 Å². The summed E-state index contributed by atoms with van der Waals surface area (Å²) >= 11 is 13.5. The van der Waals surface area contributed by atoms with Gasteiger partial charge in [0.2, 0.25) is 11.8 Å². The first-order valence-corrected chi connectivity index (χ1v) is 15.9. The van der Waals surface area contributed by atoms with E-state index in [1.54, 1.807) is 40.2 Å². The molecule has 0 radical (unpaired) electrons. The molecular formula is C32H28Cl2FN7O3S. The molecule has 0 spiro atoms. The van der Waals surface area contributed by atoms with Crippen molar-refractivity contribution in [2.75, 3.05) is 25.4 Å². The quantitative estimate of drug-likeness (QED) is 0.265. The summed E-state index contributed by atoms with van der Waals surface area (Å²) in [5.41, 5.74) is 8.88. The maximum atomic E-state index is 14.1. The fraction of sp³-hybridized carbons (Fsp3) is 0.250. The monoisotopic (exact) mass is 679 g/mol. The van der Waals surface area contributed by atoms with Crippen LogP contribution in [0.2, 0.25) is 10.0 Å². The van der Waals surface area contributed by atoms with Gasteiger partial charge in [0.05, 0.1) is 39.9 Å². The van der Waals surface area contributed by atoms with Gasteiger partial charge >= 0.3 is 6.03 Å². The Bertz CT molecular complexity index is 1860. The number of para-hydroxylation sites is 1. The summed E-state index contributed by atoms with van der Waals surface area (Å²) in [5.74, 6) is 1.49. The Morgan fingerprint density at radius 2 is 1.89 bits per heavy atom. The van der Waals surface area contributed by atoms with E-state index in [4.69, 9.17) is 35.4 Å². The Balaban J connectivity index is 1.31. The van der Waals surface area contributed by atoms with Gasteiger partial charge in [-0.3, -0.25) is 9.59 Å². The number of anilines is 1. The van der Waals surface area contributed by atoms with Gasteiger partial charge in [0.1, 0.15) is 18.0 Å². The van der Waals surface area contributed by atoms with Crippen LogP contribution >= 0.6 is 34.5 Å². The van der Waals surface area contributed by atoms with Crippen LogP contribution in [0, 0.1) is 18.2 Å². The molecule has 3 aromatic carbocycles. The van der Waals surface area contributed by atoms with E-state index in [-0.39, 0.29) is 51.0 Å². The average molecular weight is 681 g/mol. The molecule has 0 bridgehead atoms. The zero-order valence-corrected chi connectivity index (χ0v) is 26.7. The molecule has 3 N–H and O–H groups in total. The van der Waals surface area contributed by atoms with Crippen LogP contribution in [0.4, 0.5) is 14.3 Å². The molecule has 236 valence electrons. The number of carbonyl (C=O) groups is 3. The Morgan fingerprint density at radius 3 is 2.63 bits per heavy atom. The van der Waals surface area contributed by atoms with Crippen molar-refractivity contribution in [3.63, 3.8) is 0 Å². The number of urea groups is 1. The Hall–Kier alpha value is -4.41. The smallest absolute Gasteiger partial charge is 0.333 e. The van der Waals surface area contributed by atoms with Crippen molar-refractivity contribution in [3.05, 3.63) is 93.2 Å². The Kier molecular flexibility index (Phi) is 9.02. The number of halogens is 3. The normalized spacial score (nSPS) is 18.1. The first-order chi connectivity index (χ1) is 22.1. The molecule has 3 heterocycles. The highest BCUT2D eigenvalue weighted by Crippen LogP contribution is 2.32. The van der Waals surface area contributed by atoms with Crippen molar-refractivity contribution >= 4 is 67.7 Å². The molecule has 2 atom stereocenters. The van der Waals surface area contributed by atoms with Crippen molar-refractivity contribution in [1.82, 2.24) is 30.1 Å². The lowest BCUT2D eigenvalue weighted by molar-refractivity contribution is -0.157.